The summed E-state index contributed by atoms with van der Waals surface area (Å²) in [4.78, 5) is 8.66. The molecule has 0 radical (unpaired) electrons. The van der Waals surface area contributed by atoms with Gasteiger partial charge in [-0.05, 0) is 36.8 Å². The van der Waals surface area contributed by atoms with Crippen molar-refractivity contribution < 1.29 is 5.11 Å². The van der Waals surface area contributed by atoms with Crippen molar-refractivity contribution in [1.29, 1.82) is 5.41 Å². The van der Waals surface area contributed by atoms with E-state index in [0.717, 1.165) is 17.0 Å². The van der Waals surface area contributed by atoms with E-state index < -0.39 is 0 Å². The van der Waals surface area contributed by atoms with E-state index in [2.05, 4.69) is 27.4 Å². The van der Waals surface area contributed by atoms with Gasteiger partial charge in [-0.1, -0.05) is 29.8 Å². The summed E-state index contributed by atoms with van der Waals surface area (Å²) >= 11 is 0. The normalized spacial score (nSPS) is 13.9. The number of rotatable bonds is 6. The molecule has 6 nitrogen and oxygen atoms in total. The highest BCUT2D eigenvalue weighted by Crippen LogP contribution is 2.18. The van der Waals surface area contributed by atoms with Crippen LogP contribution in [0.1, 0.15) is 23.1 Å². The van der Waals surface area contributed by atoms with Crippen LogP contribution in [0.2, 0.25) is 0 Å². The van der Waals surface area contributed by atoms with Crippen LogP contribution >= 0.6 is 0 Å². The van der Waals surface area contributed by atoms with Crippen LogP contribution in [0.4, 0.5) is 5.69 Å². The molecule has 0 atom stereocenters. The molecule has 3 rings (SSSR count). The van der Waals surface area contributed by atoms with E-state index >= 15 is 0 Å². The van der Waals surface area contributed by atoms with Crippen LogP contribution in [0.3, 0.4) is 0 Å². The van der Waals surface area contributed by atoms with Gasteiger partial charge in [-0.3, -0.25) is 5.41 Å². The number of aryl methyl sites for hydroxylation is 1. The van der Waals surface area contributed by atoms with Crippen molar-refractivity contribution in [1.82, 2.24) is 0 Å². The zero-order valence-electron chi connectivity index (χ0n) is 15.2. The maximum Gasteiger partial charge on any atom is 0.122 e. The first-order valence-corrected chi connectivity index (χ1v) is 8.74. The van der Waals surface area contributed by atoms with Crippen LogP contribution in [-0.4, -0.2) is 29.5 Å². The minimum atomic E-state index is 0.0436. The van der Waals surface area contributed by atoms with Crippen LogP contribution in [0, 0.1) is 12.3 Å². The Hall–Kier alpha value is -3.41. The zero-order valence-corrected chi connectivity index (χ0v) is 15.2. The topological polar surface area (TPSA) is 107 Å². The van der Waals surface area contributed by atoms with Crippen molar-refractivity contribution in [3.05, 3.63) is 76.7 Å². The average Bonchev–Trinajstić information content (AvgIpc) is 2.83. The van der Waals surface area contributed by atoms with E-state index in [0.29, 0.717) is 30.6 Å². The number of aliphatic hydroxyl groups is 1. The molecule has 0 saturated carbocycles. The molecule has 2 aromatic carbocycles. The highest BCUT2D eigenvalue weighted by molar-refractivity contribution is 5.96. The van der Waals surface area contributed by atoms with Crippen molar-refractivity contribution >= 4 is 23.6 Å². The van der Waals surface area contributed by atoms with Crippen LogP contribution in [0.25, 0.3) is 0 Å². The number of allylic oxidation sites excluding steroid dienone is 2. The van der Waals surface area contributed by atoms with E-state index in [1.165, 1.54) is 11.9 Å². The Morgan fingerprint density at radius 1 is 1.15 bits per heavy atom. The fraction of sp³-hybridized carbons (Fsp3) is 0.190. The number of nitrogens with two attached hydrogens (primary N) is 1. The number of hydrogen-bond acceptors (Lipinski definition) is 5. The van der Waals surface area contributed by atoms with Gasteiger partial charge in [-0.15, -0.1) is 0 Å². The van der Waals surface area contributed by atoms with Gasteiger partial charge in [0.25, 0.3) is 0 Å². The van der Waals surface area contributed by atoms with Gasteiger partial charge in [-0.25, -0.2) is 9.98 Å². The Morgan fingerprint density at radius 3 is 2.52 bits per heavy atom. The van der Waals surface area contributed by atoms with Crippen LogP contribution in [0.5, 0.6) is 0 Å². The second kappa shape index (κ2) is 8.31. The summed E-state index contributed by atoms with van der Waals surface area (Å²) in [6.45, 7) is 2.54. The molecule has 2 aromatic rings. The summed E-state index contributed by atoms with van der Waals surface area (Å²) in [5.74, 6) is 0.291. The largest absolute Gasteiger partial charge is 0.510 e. The van der Waals surface area contributed by atoms with Crippen LogP contribution < -0.4 is 11.1 Å². The van der Waals surface area contributed by atoms with E-state index in [-0.39, 0.29) is 11.6 Å². The molecule has 5 N–H and O–H groups in total. The Bertz CT molecular complexity index is 909. The Labute approximate surface area is 158 Å². The van der Waals surface area contributed by atoms with E-state index in [9.17, 15) is 5.11 Å². The first kappa shape index (κ1) is 18.4. The SMILES string of the molecule is Cc1ccc(CC2=C(O)CC(CNc3ccc(C(=N)N)cc3)=NC=N2)cc1. The van der Waals surface area contributed by atoms with Gasteiger partial charge in [0, 0.05) is 29.8 Å². The lowest BCUT2D eigenvalue weighted by Gasteiger charge is -2.09. The Kier molecular flexibility index (Phi) is 5.66. The summed E-state index contributed by atoms with van der Waals surface area (Å²) in [5, 5.41) is 21.1. The number of anilines is 1. The highest BCUT2D eigenvalue weighted by Gasteiger charge is 2.12. The summed E-state index contributed by atoms with van der Waals surface area (Å²) in [5.41, 5.74) is 10.8. The second-order valence-electron chi connectivity index (χ2n) is 6.52. The smallest absolute Gasteiger partial charge is 0.122 e. The minimum Gasteiger partial charge on any atom is -0.510 e. The summed E-state index contributed by atoms with van der Waals surface area (Å²) < 4.78 is 0. The molecule has 0 saturated heterocycles. The molecule has 0 unspecified atom stereocenters. The number of nitrogens with one attached hydrogen (secondary N) is 2. The second-order valence-corrected chi connectivity index (χ2v) is 6.52. The molecule has 1 heterocycles. The summed E-state index contributed by atoms with van der Waals surface area (Å²) in [6.07, 6.45) is 2.44. The Balaban J connectivity index is 1.61. The Morgan fingerprint density at radius 2 is 1.85 bits per heavy atom. The predicted octanol–water partition coefficient (Wildman–Crippen LogP) is 3.58. The fourth-order valence-electron chi connectivity index (χ4n) is 2.72. The highest BCUT2D eigenvalue weighted by atomic mass is 16.3. The number of aliphatic hydroxyl groups excluding tert-OH is 1. The molecule has 0 aliphatic carbocycles. The zero-order chi connectivity index (χ0) is 19.2. The van der Waals surface area contributed by atoms with Crippen molar-refractivity contribution in [3.8, 4) is 0 Å². The average molecular weight is 361 g/mol. The molecule has 27 heavy (non-hydrogen) atoms. The number of benzene rings is 2. The van der Waals surface area contributed by atoms with E-state index in [1.807, 2.05) is 31.2 Å². The van der Waals surface area contributed by atoms with Crippen molar-refractivity contribution in [2.45, 2.75) is 19.8 Å². The molecular formula is C21H23N5O. The summed E-state index contributed by atoms with van der Waals surface area (Å²) in [6, 6.07) is 15.5. The van der Waals surface area contributed by atoms with Gasteiger partial charge >= 0.3 is 0 Å². The van der Waals surface area contributed by atoms with Crippen LogP contribution in [-0.2, 0) is 6.42 Å². The molecule has 0 fully saturated rings. The van der Waals surface area contributed by atoms with E-state index in [4.69, 9.17) is 11.1 Å². The van der Waals surface area contributed by atoms with Crippen molar-refractivity contribution in [3.63, 3.8) is 0 Å². The standard InChI is InChI=1S/C21H23N5O/c1-14-2-4-15(5-3-14)10-19-20(27)11-18(25-13-26-19)12-24-17-8-6-16(7-9-17)21(22)23/h2-9,13,24,27H,10-12H2,1H3,(H3,22,23). The number of nitrogen functional groups attached to an aromatic ring is 1. The first-order valence-electron chi connectivity index (χ1n) is 8.74. The third kappa shape index (κ3) is 5.04. The summed E-state index contributed by atoms with van der Waals surface area (Å²) in [7, 11) is 0. The number of nitrogens with zero attached hydrogens (tertiary/aromatic N) is 2. The third-order valence-electron chi connectivity index (χ3n) is 4.34. The lowest BCUT2D eigenvalue weighted by atomic mass is 10.1. The van der Waals surface area contributed by atoms with Gasteiger partial charge in [0.2, 0.25) is 0 Å². The van der Waals surface area contributed by atoms with Crippen molar-refractivity contribution in [2.75, 3.05) is 11.9 Å². The molecule has 6 heteroatoms. The molecule has 138 valence electrons. The van der Waals surface area contributed by atoms with Gasteiger partial charge in [0.05, 0.1) is 12.2 Å². The van der Waals surface area contributed by atoms with Gasteiger partial charge in [0.15, 0.2) is 0 Å². The van der Waals surface area contributed by atoms with Gasteiger partial charge in [0.1, 0.15) is 17.9 Å². The van der Waals surface area contributed by atoms with Crippen LogP contribution in [0.15, 0.2) is 70.0 Å². The van der Waals surface area contributed by atoms with E-state index in [1.54, 1.807) is 12.1 Å². The maximum atomic E-state index is 10.4. The van der Waals surface area contributed by atoms with Gasteiger partial charge in [-0.2, -0.15) is 0 Å². The quantitative estimate of drug-likeness (QED) is 0.466. The maximum absolute atomic E-state index is 10.4. The van der Waals surface area contributed by atoms with Crippen molar-refractivity contribution in [2.24, 2.45) is 15.7 Å². The third-order valence-corrected chi connectivity index (χ3v) is 4.34. The number of amidine groups is 1. The number of hydrogen-bond donors (Lipinski definition) is 4. The molecule has 0 aromatic heterocycles. The van der Waals surface area contributed by atoms with Gasteiger partial charge < -0.3 is 16.2 Å². The lowest BCUT2D eigenvalue weighted by Crippen LogP contribution is -2.15. The molecule has 0 spiro atoms. The first-order chi connectivity index (χ1) is 13.0. The molecular weight excluding hydrogens is 338 g/mol. The number of aliphatic imine (C=N–C) groups is 2. The monoisotopic (exact) mass is 361 g/mol. The molecule has 1 aliphatic rings. The molecule has 1 aliphatic heterocycles. The lowest BCUT2D eigenvalue weighted by molar-refractivity contribution is 0.395. The fourth-order valence-corrected chi connectivity index (χ4v) is 2.72. The molecule has 0 bridgehead atoms. The predicted molar refractivity (Wildman–Crippen MR) is 111 cm³/mol. The molecule has 0 amide bonds. The minimum absolute atomic E-state index is 0.0436.